The first kappa shape index (κ1) is 9.32. The average Bonchev–Trinajstić information content (AvgIpc) is 1.98. The van der Waals surface area contributed by atoms with Gasteiger partial charge in [0.05, 0.1) is 6.10 Å². The van der Waals surface area contributed by atoms with Gasteiger partial charge in [0, 0.05) is 13.5 Å². The lowest BCUT2D eigenvalue weighted by atomic mass is 10.4. The van der Waals surface area contributed by atoms with Crippen LogP contribution in [0.5, 0.6) is 0 Å². The molecule has 2 nitrogen and oxygen atoms in total. The molecule has 0 spiro atoms. The lowest BCUT2D eigenvalue weighted by Crippen LogP contribution is -2.11. The Kier molecular flexibility index (Phi) is 6.00. The van der Waals surface area contributed by atoms with E-state index >= 15 is 0 Å². The molecule has 0 aromatic rings. The molecule has 0 aliphatic heterocycles. The van der Waals surface area contributed by atoms with Crippen LogP contribution in [0.3, 0.4) is 0 Å². The molecule has 1 atom stereocenters. The second-order valence-corrected chi connectivity index (χ2v) is 1.99. The SMILES string of the molecule is CCC#COCC(C)OC. The Hall–Kier alpha value is -0.680. The van der Waals surface area contributed by atoms with Crippen LogP contribution in [-0.4, -0.2) is 19.8 Å². The van der Waals surface area contributed by atoms with Crippen molar-refractivity contribution < 1.29 is 9.47 Å². The van der Waals surface area contributed by atoms with Crippen molar-refractivity contribution in [1.29, 1.82) is 0 Å². The third-order valence-electron chi connectivity index (χ3n) is 1.04. The lowest BCUT2D eigenvalue weighted by molar-refractivity contribution is 0.0612. The molecule has 0 bridgehead atoms. The van der Waals surface area contributed by atoms with Crippen molar-refractivity contribution in [3.63, 3.8) is 0 Å². The Labute approximate surface area is 62.5 Å². The van der Waals surface area contributed by atoms with Crippen LogP contribution in [0.15, 0.2) is 0 Å². The largest absolute Gasteiger partial charge is 0.444 e. The minimum absolute atomic E-state index is 0.131. The summed E-state index contributed by atoms with van der Waals surface area (Å²) in [5.74, 6) is 2.80. The van der Waals surface area contributed by atoms with Crippen molar-refractivity contribution in [2.45, 2.75) is 26.4 Å². The van der Waals surface area contributed by atoms with Crippen LogP contribution in [-0.2, 0) is 9.47 Å². The fourth-order valence-electron chi connectivity index (χ4n) is 0.350. The number of hydrogen-bond acceptors (Lipinski definition) is 2. The van der Waals surface area contributed by atoms with Gasteiger partial charge in [0.25, 0.3) is 0 Å². The summed E-state index contributed by atoms with van der Waals surface area (Å²) in [7, 11) is 1.65. The molecule has 0 rings (SSSR count). The second kappa shape index (κ2) is 6.44. The Morgan fingerprint density at radius 2 is 2.20 bits per heavy atom. The van der Waals surface area contributed by atoms with E-state index in [1.54, 1.807) is 7.11 Å². The van der Waals surface area contributed by atoms with Gasteiger partial charge < -0.3 is 9.47 Å². The normalized spacial score (nSPS) is 11.5. The molecule has 0 aromatic carbocycles. The Bertz CT molecular complexity index is 121. The topological polar surface area (TPSA) is 18.5 Å². The molecule has 58 valence electrons. The molecule has 0 aliphatic rings. The molecule has 0 aliphatic carbocycles. The fourth-order valence-corrected chi connectivity index (χ4v) is 0.350. The zero-order chi connectivity index (χ0) is 7.82. The molecular formula is C8H14O2. The van der Waals surface area contributed by atoms with Gasteiger partial charge in [-0.05, 0) is 6.92 Å². The number of hydrogen-bond donors (Lipinski definition) is 0. The first-order valence-electron chi connectivity index (χ1n) is 3.43. The minimum Gasteiger partial charge on any atom is -0.444 e. The summed E-state index contributed by atoms with van der Waals surface area (Å²) in [6.07, 6.45) is 3.54. The van der Waals surface area contributed by atoms with E-state index in [9.17, 15) is 0 Å². The fraction of sp³-hybridized carbons (Fsp3) is 0.750. The predicted molar refractivity (Wildman–Crippen MR) is 40.5 cm³/mol. The van der Waals surface area contributed by atoms with E-state index in [0.717, 1.165) is 6.42 Å². The van der Waals surface area contributed by atoms with E-state index < -0.39 is 0 Å². The molecular weight excluding hydrogens is 128 g/mol. The van der Waals surface area contributed by atoms with Crippen molar-refractivity contribution in [2.24, 2.45) is 0 Å². The van der Waals surface area contributed by atoms with Crippen molar-refractivity contribution in [3.8, 4) is 12.0 Å². The van der Waals surface area contributed by atoms with Gasteiger partial charge in [-0.1, -0.05) is 12.8 Å². The summed E-state index contributed by atoms with van der Waals surface area (Å²) in [5, 5.41) is 0. The van der Waals surface area contributed by atoms with Crippen molar-refractivity contribution in [3.05, 3.63) is 0 Å². The van der Waals surface area contributed by atoms with Crippen LogP contribution in [0.25, 0.3) is 0 Å². The lowest BCUT2D eigenvalue weighted by Gasteiger charge is -2.05. The molecule has 1 unspecified atom stereocenters. The Morgan fingerprint density at radius 3 is 2.70 bits per heavy atom. The maximum absolute atomic E-state index is 4.94. The number of methoxy groups -OCH3 is 1. The second-order valence-electron chi connectivity index (χ2n) is 1.99. The molecule has 0 saturated carbocycles. The number of rotatable bonds is 3. The molecule has 0 saturated heterocycles. The van der Waals surface area contributed by atoms with Crippen molar-refractivity contribution in [1.82, 2.24) is 0 Å². The molecule has 0 N–H and O–H groups in total. The maximum Gasteiger partial charge on any atom is 0.126 e. The molecule has 0 amide bonds. The highest BCUT2D eigenvalue weighted by atomic mass is 16.5. The van der Waals surface area contributed by atoms with Gasteiger partial charge in [0.2, 0.25) is 0 Å². The molecule has 2 heteroatoms. The van der Waals surface area contributed by atoms with E-state index in [1.807, 2.05) is 13.8 Å². The molecule has 0 heterocycles. The van der Waals surface area contributed by atoms with Gasteiger partial charge >= 0.3 is 0 Å². The summed E-state index contributed by atoms with van der Waals surface area (Å²) < 4.78 is 9.88. The maximum atomic E-state index is 4.94. The quantitative estimate of drug-likeness (QED) is 0.555. The van der Waals surface area contributed by atoms with Crippen LogP contribution in [0.4, 0.5) is 0 Å². The van der Waals surface area contributed by atoms with Gasteiger partial charge in [-0.25, -0.2) is 0 Å². The van der Waals surface area contributed by atoms with E-state index in [0.29, 0.717) is 6.61 Å². The third kappa shape index (κ3) is 5.46. The first-order chi connectivity index (χ1) is 4.81. The molecule has 10 heavy (non-hydrogen) atoms. The summed E-state index contributed by atoms with van der Waals surface area (Å²) >= 11 is 0. The van der Waals surface area contributed by atoms with E-state index in [1.165, 1.54) is 0 Å². The van der Waals surface area contributed by atoms with Gasteiger partial charge in [-0.15, -0.1) is 0 Å². The van der Waals surface area contributed by atoms with Gasteiger partial charge in [0.15, 0.2) is 0 Å². The highest BCUT2D eigenvalue weighted by Gasteiger charge is 1.95. The highest BCUT2D eigenvalue weighted by molar-refractivity contribution is 4.89. The highest BCUT2D eigenvalue weighted by Crippen LogP contribution is 1.86. The van der Waals surface area contributed by atoms with Crippen LogP contribution >= 0.6 is 0 Å². The molecule has 0 radical (unpaired) electrons. The smallest absolute Gasteiger partial charge is 0.126 e. The third-order valence-corrected chi connectivity index (χ3v) is 1.04. The monoisotopic (exact) mass is 142 g/mol. The van der Waals surface area contributed by atoms with E-state index in [-0.39, 0.29) is 6.10 Å². The Balaban J connectivity index is 3.18. The molecule has 0 aromatic heterocycles. The van der Waals surface area contributed by atoms with Gasteiger partial charge in [-0.3, -0.25) is 0 Å². The molecule has 0 fully saturated rings. The van der Waals surface area contributed by atoms with Crippen molar-refractivity contribution in [2.75, 3.05) is 13.7 Å². The first-order valence-corrected chi connectivity index (χ1v) is 3.43. The van der Waals surface area contributed by atoms with E-state index in [2.05, 4.69) is 12.0 Å². The van der Waals surface area contributed by atoms with Gasteiger partial charge in [0.1, 0.15) is 12.7 Å². The Morgan fingerprint density at radius 1 is 1.50 bits per heavy atom. The van der Waals surface area contributed by atoms with Crippen LogP contribution in [0, 0.1) is 12.0 Å². The summed E-state index contributed by atoms with van der Waals surface area (Å²) in [4.78, 5) is 0. The summed E-state index contributed by atoms with van der Waals surface area (Å²) in [6.45, 7) is 4.47. The predicted octanol–water partition coefficient (Wildman–Crippen LogP) is 1.41. The standard InChI is InChI=1S/C8H14O2/c1-4-5-6-10-7-8(2)9-3/h8H,4,7H2,1-3H3. The van der Waals surface area contributed by atoms with Crippen LogP contribution in [0.2, 0.25) is 0 Å². The van der Waals surface area contributed by atoms with Crippen LogP contribution < -0.4 is 0 Å². The zero-order valence-electron chi connectivity index (χ0n) is 6.81. The van der Waals surface area contributed by atoms with E-state index in [4.69, 9.17) is 9.47 Å². The van der Waals surface area contributed by atoms with Crippen molar-refractivity contribution >= 4 is 0 Å². The zero-order valence-corrected chi connectivity index (χ0v) is 6.81. The van der Waals surface area contributed by atoms with Gasteiger partial charge in [-0.2, -0.15) is 0 Å². The van der Waals surface area contributed by atoms with Crippen LogP contribution in [0.1, 0.15) is 20.3 Å². The summed E-state index contributed by atoms with van der Waals surface area (Å²) in [5.41, 5.74) is 0. The minimum atomic E-state index is 0.131. The summed E-state index contributed by atoms with van der Waals surface area (Å²) in [6, 6.07) is 0. The number of ether oxygens (including phenoxy) is 2. The average molecular weight is 142 g/mol.